The molecule has 1 amide bonds. The summed E-state index contributed by atoms with van der Waals surface area (Å²) in [7, 11) is 0. The largest absolute Gasteiger partial charge is 0.416 e. The highest BCUT2D eigenvalue weighted by molar-refractivity contribution is 5.77. The Kier molecular flexibility index (Phi) is 3.89. The van der Waals surface area contributed by atoms with E-state index in [-0.39, 0.29) is 18.9 Å². The topological polar surface area (TPSA) is 40.5 Å². The Morgan fingerprint density at radius 3 is 2.68 bits per heavy atom. The molecule has 0 radical (unpaired) electrons. The van der Waals surface area contributed by atoms with E-state index >= 15 is 0 Å². The molecule has 2 fully saturated rings. The Morgan fingerprint density at radius 1 is 1.32 bits per heavy atom. The van der Waals surface area contributed by atoms with Crippen LogP contribution in [-0.2, 0) is 11.0 Å². The second-order valence-corrected chi connectivity index (χ2v) is 6.22. The van der Waals surface area contributed by atoms with Crippen molar-refractivity contribution in [3.63, 3.8) is 0 Å². The van der Waals surface area contributed by atoms with Crippen molar-refractivity contribution in [2.24, 2.45) is 5.92 Å². The van der Waals surface area contributed by atoms with Gasteiger partial charge in [0.05, 0.1) is 17.7 Å². The second kappa shape index (κ2) is 5.57. The highest BCUT2D eigenvalue weighted by atomic mass is 19.4. The van der Waals surface area contributed by atoms with Gasteiger partial charge in [-0.3, -0.25) is 4.79 Å². The number of aliphatic hydroxyl groups excluding tert-OH is 1. The molecule has 1 heterocycles. The molecule has 2 aliphatic rings. The van der Waals surface area contributed by atoms with Gasteiger partial charge in [-0.25, -0.2) is 0 Å². The number of carbonyl (C=O) groups is 1. The van der Waals surface area contributed by atoms with Gasteiger partial charge in [-0.15, -0.1) is 0 Å². The van der Waals surface area contributed by atoms with E-state index < -0.39 is 23.9 Å². The fourth-order valence-electron chi connectivity index (χ4n) is 3.01. The van der Waals surface area contributed by atoms with Gasteiger partial charge in [-0.05, 0) is 42.9 Å². The maximum Gasteiger partial charge on any atom is 0.416 e. The number of likely N-dealkylation sites (tertiary alicyclic amines) is 1. The molecule has 1 N–H and O–H groups in total. The average Bonchev–Trinajstić information content (AvgIpc) is 3.17. The molecule has 22 heavy (non-hydrogen) atoms. The fraction of sp³-hybridized carbons (Fsp3) is 0.562. The molecule has 3 nitrogen and oxygen atoms in total. The van der Waals surface area contributed by atoms with Crippen LogP contribution in [0.5, 0.6) is 0 Å². The third-order valence-electron chi connectivity index (χ3n) is 4.36. The minimum Gasteiger partial charge on any atom is -0.391 e. The van der Waals surface area contributed by atoms with Crippen molar-refractivity contribution in [1.29, 1.82) is 0 Å². The molecular formula is C16H18F3NO2. The van der Waals surface area contributed by atoms with Gasteiger partial charge in [-0.2, -0.15) is 13.2 Å². The van der Waals surface area contributed by atoms with Gasteiger partial charge in [0.15, 0.2) is 0 Å². The Labute approximate surface area is 126 Å². The molecular weight excluding hydrogens is 295 g/mol. The summed E-state index contributed by atoms with van der Waals surface area (Å²) in [6.45, 7) is 0.201. The predicted molar refractivity (Wildman–Crippen MR) is 73.9 cm³/mol. The number of benzene rings is 1. The van der Waals surface area contributed by atoms with Crippen molar-refractivity contribution in [1.82, 2.24) is 4.90 Å². The Balaban J connectivity index is 1.83. The van der Waals surface area contributed by atoms with E-state index in [1.54, 1.807) is 11.0 Å². The summed E-state index contributed by atoms with van der Waals surface area (Å²) in [4.78, 5) is 13.8. The summed E-state index contributed by atoms with van der Waals surface area (Å²) < 4.78 is 38.5. The number of nitrogens with zero attached hydrogens (tertiary/aromatic N) is 1. The summed E-state index contributed by atoms with van der Waals surface area (Å²) in [6.07, 6.45) is -2.29. The van der Waals surface area contributed by atoms with Crippen LogP contribution in [0.2, 0.25) is 0 Å². The van der Waals surface area contributed by atoms with Crippen LogP contribution in [0.4, 0.5) is 13.2 Å². The summed E-state index contributed by atoms with van der Waals surface area (Å²) in [5.41, 5.74) is -0.281. The fourth-order valence-corrected chi connectivity index (χ4v) is 3.01. The number of alkyl halides is 3. The van der Waals surface area contributed by atoms with E-state index in [0.29, 0.717) is 17.9 Å². The van der Waals surface area contributed by atoms with Gasteiger partial charge in [0, 0.05) is 13.0 Å². The molecule has 0 unspecified atom stereocenters. The molecule has 1 aliphatic heterocycles. The molecule has 2 atom stereocenters. The lowest BCUT2D eigenvalue weighted by Gasteiger charge is -2.25. The van der Waals surface area contributed by atoms with Gasteiger partial charge in [0.25, 0.3) is 0 Å². The quantitative estimate of drug-likeness (QED) is 0.931. The number of carbonyl (C=O) groups excluding carboxylic acids is 1. The standard InChI is InChI=1S/C16H18F3NO2/c17-16(18,19)12-3-1-2-11(7-12)14-8-13(21)9-20(14)15(22)6-10-4-5-10/h1-3,7,10,13-14,21H,4-6,8-9H2/t13-,14+/m0/s1. The highest BCUT2D eigenvalue weighted by Crippen LogP contribution is 2.39. The third kappa shape index (κ3) is 3.27. The van der Waals surface area contributed by atoms with Gasteiger partial charge < -0.3 is 10.0 Å². The maximum atomic E-state index is 12.8. The number of rotatable bonds is 3. The zero-order chi connectivity index (χ0) is 15.9. The minimum absolute atomic E-state index is 0.0681. The van der Waals surface area contributed by atoms with E-state index in [0.717, 1.165) is 25.0 Å². The van der Waals surface area contributed by atoms with Crippen LogP contribution in [0.15, 0.2) is 24.3 Å². The summed E-state index contributed by atoms with van der Waals surface area (Å²) in [5.74, 6) is 0.342. The zero-order valence-electron chi connectivity index (χ0n) is 12.0. The lowest BCUT2D eigenvalue weighted by molar-refractivity contribution is -0.137. The molecule has 0 aromatic heterocycles. The minimum atomic E-state index is -4.41. The number of hydrogen-bond donors (Lipinski definition) is 1. The predicted octanol–water partition coefficient (Wildman–Crippen LogP) is 3.14. The van der Waals surface area contributed by atoms with Crippen molar-refractivity contribution in [2.45, 2.75) is 44.0 Å². The van der Waals surface area contributed by atoms with E-state index in [1.165, 1.54) is 6.07 Å². The van der Waals surface area contributed by atoms with E-state index in [9.17, 15) is 23.1 Å². The SMILES string of the molecule is O=C(CC1CC1)N1C[C@@H](O)C[C@@H]1c1cccc(C(F)(F)F)c1. The highest BCUT2D eigenvalue weighted by Gasteiger charge is 2.38. The number of amides is 1. The molecule has 0 bridgehead atoms. The van der Waals surface area contributed by atoms with E-state index in [4.69, 9.17) is 0 Å². The molecule has 0 spiro atoms. The first-order chi connectivity index (χ1) is 10.3. The molecule has 1 aliphatic carbocycles. The molecule has 1 saturated heterocycles. The summed E-state index contributed by atoms with van der Waals surface area (Å²) in [5, 5.41) is 9.84. The van der Waals surface area contributed by atoms with Crippen LogP contribution in [-0.4, -0.2) is 28.6 Å². The monoisotopic (exact) mass is 313 g/mol. The van der Waals surface area contributed by atoms with Gasteiger partial charge in [0.2, 0.25) is 5.91 Å². The second-order valence-electron chi connectivity index (χ2n) is 6.22. The Hall–Kier alpha value is -1.56. The molecule has 120 valence electrons. The van der Waals surface area contributed by atoms with Crippen molar-refractivity contribution in [2.75, 3.05) is 6.54 Å². The lowest BCUT2D eigenvalue weighted by Crippen LogP contribution is -2.32. The lowest BCUT2D eigenvalue weighted by atomic mass is 10.0. The molecule has 6 heteroatoms. The van der Waals surface area contributed by atoms with Gasteiger partial charge in [-0.1, -0.05) is 12.1 Å². The first-order valence-electron chi connectivity index (χ1n) is 7.49. The van der Waals surface area contributed by atoms with Crippen LogP contribution < -0.4 is 0 Å². The Morgan fingerprint density at radius 2 is 2.05 bits per heavy atom. The summed E-state index contributed by atoms with van der Waals surface area (Å²) >= 11 is 0. The maximum absolute atomic E-state index is 12.8. The first-order valence-corrected chi connectivity index (χ1v) is 7.49. The zero-order valence-corrected chi connectivity index (χ0v) is 12.0. The molecule has 1 saturated carbocycles. The normalized spacial score (nSPS) is 25.5. The van der Waals surface area contributed by atoms with E-state index in [1.807, 2.05) is 0 Å². The van der Waals surface area contributed by atoms with Crippen molar-refractivity contribution in [3.8, 4) is 0 Å². The number of aliphatic hydroxyl groups is 1. The smallest absolute Gasteiger partial charge is 0.391 e. The molecule has 1 aromatic carbocycles. The van der Waals surface area contributed by atoms with Gasteiger partial charge in [0.1, 0.15) is 0 Å². The van der Waals surface area contributed by atoms with Crippen LogP contribution in [0.1, 0.15) is 42.9 Å². The van der Waals surface area contributed by atoms with Crippen molar-refractivity contribution < 1.29 is 23.1 Å². The first kappa shape index (κ1) is 15.3. The van der Waals surface area contributed by atoms with Crippen LogP contribution in [0.25, 0.3) is 0 Å². The van der Waals surface area contributed by atoms with Crippen LogP contribution in [0.3, 0.4) is 0 Å². The summed E-state index contributed by atoms with van der Waals surface area (Å²) in [6, 6.07) is 4.58. The van der Waals surface area contributed by atoms with E-state index in [2.05, 4.69) is 0 Å². The molecule has 3 rings (SSSR count). The number of β-amino-alcohol motifs (C(OH)–C–C–N with tert-alkyl or cyclic N) is 1. The van der Waals surface area contributed by atoms with Crippen molar-refractivity contribution in [3.05, 3.63) is 35.4 Å². The van der Waals surface area contributed by atoms with Gasteiger partial charge >= 0.3 is 6.18 Å². The average molecular weight is 313 g/mol. The Bertz CT molecular complexity index is 569. The number of halogens is 3. The van der Waals surface area contributed by atoms with Crippen LogP contribution in [0, 0.1) is 5.92 Å². The van der Waals surface area contributed by atoms with Crippen molar-refractivity contribution >= 4 is 5.91 Å². The number of hydrogen-bond acceptors (Lipinski definition) is 2. The third-order valence-corrected chi connectivity index (χ3v) is 4.36. The van der Waals surface area contributed by atoms with Crippen LogP contribution >= 0.6 is 0 Å². The molecule has 1 aromatic rings.